The first-order chi connectivity index (χ1) is 18.3. The molecule has 0 bridgehead atoms. The molecule has 7 rings (SSSR count). The van der Waals surface area contributed by atoms with Crippen molar-refractivity contribution >= 4 is 21.9 Å². The Balaban J connectivity index is 1.36. The van der Waals surface area contributed by atoms with E-state index >= 15 is 0 Å². The molecule has 0 saturated heterocycles. The number of rotatable bonds is 4. The van der Waals surface area contributed by atoms with Gasteiger partial charge in [-0.3, -0.25) is 0 Å². The quantitative estimate of drug-likeness (QED) is 0.256. The van der Waals surface area contributed by atoms with E-state index in [1.807, 2.05) is 72.8 Å². The molecule has 0 aliphatic carbocycles. The number of hydrogen-bond donors (Lipinski definition) is 0. The molecule has 4 heteroatoms. The molecule has 0 unspecified atom stereocenters. The molecule has 0 saturated carbocycles. The van der Waals surface area contributed by atoms with Crippen LogP contribution in [0.5, 0.6) is 0 Å². The average Bonchev–Trinajstić information content (AvgIpc) is 3.36. The Bertz CT molecular complexity index is 1860. The van der Waals surface area contributed by atoms with Gasteiger partial charge in [0.2, 0.25) is 0 Å². The molecule has 37 heavy (non-hydrogen) atoms. The number of benzene rings is 5. The lowest BCUT2D eigenvalue weighted by atomic mass is 10.0. The van der Waals surface area contributed by atoms with E-state index in [2.05, 4.69) is 54.6 Å². The normalized spacial score (nSPS) is 11.2. The molecule has 2 aromatic heterocycles. The van der Waals surface area contributed by atoms with E-state index < -0.39 is 0 Å². The molecule has 0 fully saturated rings. The maximum Gasteiger partial charge on any atom is 0.164 e. The Morgan fingerprint density at radius 1 is 0.351 bits per heavy atom. The van der Waals surface area contributed by atoms with Gasteiger partial charge in [-0.25, -0.2) is 15.0 Å². The Kier molecular flexibility index (Phi) is 5.07. The highest BCUT2D eigenvalue weighted by atomic mass is 16.3. The third-order valence-corrected chi connectivity index (χ3v) is 6.55. The summed E-state index contributed by atoms with van der Waals surface area (Å²) < 4.78 is 6.13. The molecule has 2 heterocycles. The van der Waals surface area contributed by atoms with Crippen molar-refractivity contribution in [3.05, 3.63) is 127 Å². The zero-order valence-corrected chi connectivity index (χ0v) is 19.9. The van der Waals surface area contributed by atoms with Gasteiger partial charge < -0.3 is 4.42 Å². The van der Waals surface area contributed by atoms with Crippen LogP contribution in [0.4, 0.5) is 0 Å². The first-order valence-corrected chi connectivity index (χ1v) is 12.2. The molecule has 4 nitrogen and oxygen atoms in total. The molecule has 7 aromatic rings. The smallest absolute Gasteiger partial charge is 0.164 e. The summed E-state index contributed by atoms with van der Waals surface area (Å²) in [5.41, 5.74) is 6.77. The number of fused-ring (bicyclic) bond motifs is 3. The highest BCUT2D eigenvalue weighted by molar-refractivity contribution is 6.05. The summed E-state index contributed by atoms with van der Waals surface area (Å²) in [6, 6.07) is 42.9. The zero-order valence-electron chi connectivity index (χ0n) is 19.9. The van der Waals surface area contributed by atoms with Crippen molar-refractivity contribution in [2.24, 2.45) is 0 Å². The van der Waals surface area contributed by atoms with E-state index in [0.717, 1.165) is 44.2 Å². The van der Waals surface area contributed by atoms with Crippen molar-refractivity contribution in [3.8, 4) is 45.3 Å². The third kappa shape index (κ3) is 3.95. The van der Waals surface area contributed by atoms with Gasteiger partial charge in [0.25, 0.3) is 0 Å². The number of aromatic nitrogens is 3. The summed E-state index contributed by atoms with van der Waals surface area (Å²) in [4.78, 5) is 14.6. The summed E-state index contributed by atoms with van der Waals surface area (Å²) in [7, 11) is 0. The predicted octanol–water partition coefficient (Wildman–Crippen LogP) is 8.44. The second-order valence-corrected chi connectivity index (χ2v) is 8.92. The summed E-state index contributed by atoms with van der Waals surface area (Å²) in [6.07, 6.45) is 0. The van der Waals surface area contributed by atoms with E-state index in [0.29, 0.717) is 17.5 Å². The van der Waals surface area contributed by atoms with E-state index in [4.69, 9.17) is 19.4 Å². The number of furan rings is 1. The fourth-order valence-electron chi connectivity index (χ4n) is 4.66. The minimum absolute atomic E-state index is 0.610. The van der Waals surface area contributed by atoms with Gasteiger partial charge in [0.15, 0.2) is 17.5 Å². The zero-order chi connectivity index (χ0) is 24.6. The van der Waals surface area contributed by atoms with Crippen LogP contribution in [0.25, 0.3) is 67.2 Å². The van der Waals surface area contributed by atoms with Crippen LogP contribution in [-0.2, 0) is 0 Å². The van der Waals surface area contributed by atoms with Crippen molar-refractivity contribution in [1.29, 1.82) is 0 Å². The Morgan fingerprint density at radius 2 is 0.811 bits per heavy atom. The van der Waals surface area contributed by atoms with Crippen LogP contribution in [0.3, 0.4) is 0 Å². The van der Waals surface area contributed by atoms with Crippen LogP contribution in [0.15, 0.2) is 132 Å². The molecule has 0 radical (unpaired) electrons. The van der Waals surface area contributed by atoms with Crippen molar-refractivity contribution < 1.29 is 4.42 Å². The van der Waals surface area contributed by atoms with E-state index in [1.165, 1.54) is 5.56 Å². The molecule has 0 aliphatic rings. The van der Waals surface area contributed by atoms with Gasteiger partial charge in [-0.1, -0.05) is 109 Å². The SMILES string of the molecule is c1ccc(-c2ccc(-c3nc(-c4ccccc4)nc(-c4ccc5c(c4)oc4ccccc45)n3)cc2)cc1. The largest absolute Gasteiger partial charge is 0.456 e. The van der Waals surface area contributed by atoms with Gasteiger partial charge in [0, 0.05) is 27.5 Å². The third-order valence-electron chi connectivity index (χ3n) is 6.55. The van der Waals surface area contributed by atoms with Gasteiger partial charge in [-0.05, 0) is 29.3 Å². The minimum Gasteiger partial charge on any atom is -0.456 e. The van der Waals surface area contributed by atoms with Gasteiger partial charge in [0.1, 0.15) is 11.2 Å². The molecule has 0 aliphatic heterocycles. The molecule has 0 atom stereocenters. The van der Waals surface area contributed by atoms with Crippen molar-refractivity contribution in [1.82, 2.24) is 15.0 Å². The summed E-state index contributed by atoms with van der Waals surface area (Å²) in [5, 5.41) is 2.18. The van der Waals surface area contributed by atoms with Crippen LogP contribution >= 0.6 is 0 Å². The standard InChI is InChI=1S/C33H21N3O/c1-3-9-22(10-4-1)23-15-17-25(18-16-23)32-34-31(24-11-5-2-6-12-24)35-33(36-32)26-19-20-28-27-13-7-8-14-29(27)37-30(28)21-26/h1-21H. The maximum atomic E-state index is 6.13. The van der Waals surface area contributed by atoms with Crippen molar-refractivity contribution in [2.75, 3.05) is 0 Å². The fraction of sp³-hybridized carbons (Fsp3) is 0. The van der Waals surface area contributed by atoms with Crippen molar-refractivity contribution in [3.63, 3.8) is 0 Å². The minimum atomic E-state index is 0.610. The molecule has 0 amide bonds. The number of hydrogen-bond acceptors (Lipinski definition) is 4. The Morgan fingerprint density at radius 3 is 1.51 bits per heavy atom. The highest BCUT2D eigenvalue weighted by Crippen LogP contribution is 2.32. The molecular formula is C33H21N3O. The lowest BCUT2D eigenvalue weighted by molar-refractivity contribution is 0.669. The molecule has 0 N–H and O–H groups in total. The Labute approximate surface area is 213 Å². The second kappa shape index (κ2) is 8.85. The van der Waals surface area contributed by atoms with E-state index in [1.54, 1.807) is 0 Å². The summed E-state index contributed by atoms with van der Waals surface area (Å²) >= 11 is 0. The summed E-state index contributed by atoms with van der Waals surface area (Å²) in [6.45, 7) is 0. The van der Waals surface area contributed by atoms with E-state index in [-0.39, 0.29) is 0 Å². The molecule has 0 spiro atoms. The Hall–Kier alpha value is -5.09. The monoisotopic (exact) mass is 475 g/mol. The van der Waals surface area contributed by atoms with Gasteiger partial charge in [-0.2, -0.15) is 0 Å². The summed E-state index contributed by atoms with van der Waals surface area (Å²) in [5.74, 6) is 1.88. The first kappa shape index (κ1) is 21.2. The van der Waals surface area contributed by atoms with Gasteiger partial charge in [-0.15, -0.1) is 0 Å². The number of para-hydroxylation sites is 1. The number of nitrogens with zero attached hydrogens (tertiary/aromatic N) is 3. The van der Waals surface area contributed by atoms with E-state index in [9.17, 15) is 0 Å². The van der Waals surface area contributed by atoms with Gasteiger partial charge >= 0.3 is 0 Å². The van der Waals surface area contributed by atoms with Crippen LogP contribution in [0, 0.1) is 0 Å². The lowest BCUT2D eigenvalue weighted by Gasteiger charge is -2.09. The molecular weight excluding hydrogens is 454 g/mol. The van der Waals surface area contributed by atoms with Crippen LogP contribution in [-0.4, -0.2) is 15.0 Å². The second-order valence-electron chi connectivity index (χ2n) is 8.92. The first-order valence-electron chi connectivity index (χ1n) is 12.2. The van der Waals surface area contributed by atoms with Crippen LogP contribution in [0.1, 0.15) is 0 Å². The van der Waals surface area contributed by atoms with Crippen LogP contribution < -0.4 is 0 Å². The molecule has 174 valence electrons. The highest BCUT2D eigenvalue weighted by Gasteiger charge is 2.14. The maximum absolute atomic E-state index is 6.13. The predicted molar refractivity (Wildman–Crippen MR) is 149 cm³/mol. The lowest BCUT2D eigenvalue weighted by Crippen LogP contribution is -2.00. The molecule has 5 aromatic carbocycles. The van der Waals surface area contributed by atoms with Crippen LogP contribution in [0.2, 0.25) is 0 Å². The van der Waals surface area contributed by atoms with Crippen molar-refractivity contribution in [2.45, 2.75) is 0 Å². The fourth-order valence-corrected chi connectivity index (χ4v) is 4.66. The topological polar surface area (TPSA) is 51.8 Å². The van der Waals surface area contributed by atoms with Gasteiger partial charge in [0.05, 0.1) is 0 Å². The average molecular weight is 476 g/mol.